The Bertz CT molecular complexity index is 929. The van der Waals surface area contributed by atoms with E-state index in [2.05, 4.69) is 0 Å². The number of ether oxygens (including phenoxy) is 3. The Labute approximate surface area is 149 Å². The number of benzene rings is 2. The molecule has 1 spiro atoms. The SMILES string of the molecule is O[C@@H]1C=CC2(Oc3cccc4cccc(c34)O2)[C@@]23O[C@@]12[C@@H](O)CC[C@H]3O. The minimum Gasteiger partial charge on any atom is -0.445 e. The van der Waals surface area contributed by atoms with Crippen LogP contribution in [-0.4, -0.2) is 50.6 Å². The fraction of sp³-hybridized carbons (Fsp3) is 0.400. The Hall–Kier alpha value is -2.12. The highest BCUT2D eigenvalue weighted by molar-refractivity contribution is 5.94. The van der Waals surface area contributed by atoms with Crippen LogP contribution in [0.25, 0.3) is 10.8 Å². The summed E-state index contributed by atoms with van der Waals surface area (Å²) in [7, 11) is 0. The lowest BCUT2D eigenvalue weighted by Gasteiger charge is -2.48. The van der Waals surface area contributed by atoms with Crippen molar-refractivity contribution in [3.8, 4) is 11.5 Å². The minimum absolute atomic E-state index is 0.337. The average molecular weight is 354 g/mol. The Balaban J connectivity index is 1.59. The number of hydrogen-bond acceptors (Lipinski definition) is 6. The van der Waals surface area contributed by atoms with Gasteiger partial charge in [0.25, 0.3) is 0 Å². The van der Waals surface area contributed by atoms with E-state index in [-0.39, 0.29) is 0 Å². The molecule has 5 atom stereocenters. The zero-order valence-corrected chi connectivity index (χ0v) is 13.8. The summed E-state index contributed by atoms with van der Waals surface area (Å²) in [5.74, 6) is -0.205. The molecule has 2 aromatic rings. The molecule has 0 aromatic heterocycles. The van der Waals surface area contributed by atoms with Gasteiger partial charge in [-0.25, -0.2) is 0 Å². The van der Waals surface area contributed by atoms with Crippen molar-refractivity contribution in [2.24, 2.45) is 0 Å². The number of epoxide rings is 1. The van der Waals surface area contributed by atoms with Crippen molar-refractivity contribution in [3.05, 3.63) is 48.6 Å². The smallest absolute Gasteiger partial charge is 0.306 e. The van der Waals surface area contributed by atoms with Gasteiger partial charge in [-0.15, -0.1) is 0 Å². The summed E-state index contributed by atoms with van der Waals surface area (Å²) in [6.07, 6.45) is 0.926. The maximum atomic E-state index is 10.9. The predicted octanol–water partition coefficient (Wildman–Crippen LogP) is 1.26. The Morgan fingerprint density at radius 3 is 2.23 bits per heavy atom. The van der Waals surface area contributed by atoms with E-state index < -0.39 is 35.3 Å². The average Bonchev–Trinajstić information content (AvgIpc) is 3.39. The van der Waals surface area contributed by atoms with E-state index in [4.69, 9.17) is 14.2 Å². The number of rotatable bonds is 0. The topological polar surface area (TPSA) is 91.7 Å². The second-order valence-corrected chi connectivity index (χ2v) is 7.53. The van der Waals surface area contributed by atoms with Crippen molar-refractivity contribution in [2.75, 3.05) is 0 Å². The molecule has 4 aliphatic rings. The van der Waals surface area contributed by atoms with Gasteiger partial charge < -0.3 is 29.5 Å². The Morgan fingerprint density at radius 2 is 1.54 bits per heavy atom. The quantitative estimate of drug-likeness (QED) is 0.487. The lowest BCUT2D eigenvalue weighted by atomic mass is 9.66. The summed E-state index contributed by atoms with van der Waals surface area (Å²) >= 11 is 0. The van der Waals surface area contributed by atoms with Gasteiger partial charge >= 0.3 is 5.79 Å². The van der Waals surface area contributed by atoms with Crippen molar-refractivity contribution >= 4 is 10.8 Å². The van der Waals surface area contributed by atoms with Crippen LogP contribution in [0, 0.1) is 0 Å². The largest absolute Gasteiger partial charge is 0.445 e. The fourth-order valence-electron chi connectivity index (χ4n) is 5.17. The van der Waals surface area contributed by atoms with Crippen LogP contribution in [0.4, 0.5) is 0 Å². The van der Waals surface area contributed by atoms with Gasteiger partial charge in [-0.3, -0.25) is 0 Å². The van der Waals surface area contributed by atoms with Crippen LogP contribution in [0.3, 0.4) is 0 Å². The maximum absolute atomic E-state index is 10.9. The Morgan fingerprint density at radius 1 is 0.885 bits per heavy atom. The van der Waals surface area contributed by atoms with Gasteiger partial charge in [0.1, 0.15) is 17.6 Å². The van der Waals surface area contributed by atoms with Crippen molar-refractivity contribution < 1.29 is 29.5 Å². The highest BCUT2D eigenvalue weighted by Crippen LogP contribution is 2.68. The van der Waals surface area contributed by atoms with E-state index in [1.165, 1.54) is 6.08 Å². The molecule has 134 valence electrons. The molecule has 0 radical (unpaired) electrons. The van der Waals surface area contributed by atoms with E-state index in [1.54, 1.807) is 6.08 Å². The lowest BCUT2D eigenvalue weighted by molar-refractivity contribution is -0.177. The van der Waals surface area contributed by atoms with Gasteiger partial charge in [0, 0.05) is 6.08 Å². The molecule has 1 saturated heterocycles. The first-order valence-corrected chi connectivity index (χ1v) is 8.88. The standard InChI is InChI=1S/C20H18O6/c21-14-7-8-16(23)20-18(10-9-15(22)19(14,20)26-20)24-12-5-1-3-11-4-2-6-13(25-18)17(11)12/h1-6,9-10,14-16,21-23H,7-8H2/t14-,15+,16+,19-,20+/m0/s1. The van der Waals surface area contributed by atoms with E-state index in [9.17, 15) is 15.3 Å². The first kappa shape index (κ1) is 15.0. The van der Waals surface area contributed by atoms with E-state index in [1.807, 2.05) is 36.4 Å². The van der Waals surface area contributed by atoms with E-state index in [0.717, 1.165) is 10.8 Å². The van der Waals surface area contributed by atoms with Gasteiger partial charge in [0.15, 0.2) is 5.60 Å². The maximum Gasteiger partial charge on any atom is 0.306 e. The monoisotopic (exact) mass is 354 g/mol. The molecule has 6 heteroatoms. The molecule has 6 nitrogen and oxygen atoms in total. The summed E-state index contributed by atoms with van der Waals surface area (Å²) in [5, 5.41) is 33.9. The molecule has 0 bridgehead atoms. The molecule has 2 aliphatic carbocycles. The number of hydrogen-bond donors (Lipinski definition) is 3. The summed E-state index contributed by atoms with van der Waals surface area (Å²) < 4.78 is 18.6. The molecule has 1 saturated carbocycles. The van der Waals surface area contributed by atoms with Gasteiger partial charge in [0.05, 0.1) is 17.6 Å². The normalized spacial score (nSPS) is 41.1. The molecule has 26 heavy (non-hydrogen) atoms. The molecule has 6 rings (SSSR count). The van der Waals surface area contributed by atoms with Gasteiger partial charge in [-0.1, -0.05) is 24.3 Å². The van der Waals surface area contributed by atoms with Crippen LogP contribution in [-0.2, 0) is 4.74 Å². The minimum atomic E-state index is -1.45. The van der Waals surface area contributed by atoms with Gasteiger partial charge in [0.2, 0.25) is 5.60 Å². The van der Waals surface area contributed by atoms with Crippen LogP contribution < -0.4 is 9.47 Å². The van der Waals surface area contributed by atoms with Crippen molar-refractivity contribution in [2.45, 2.75) is 48.1 Å². The molecule has 2 heterocycles. The second-order valence-electron chi connectivity index (χ2n) is 7.53. The van der Waals surface area contributed by atoms with Crippen LogP contribution in [0.1, 0.15) is 12.8 Å². The van der Waals surface area contributed by atoms with Gasteiger partial charge in [-0.2, -0.15) is 0 Å². The van der Waals surface area contributed by atoms with Crippen LogP contribution >= 0.6 is 0 Å². The van der Waals surface area contributed by atoms with Crippen LogP contribution in [0.15, 0.2) is 48.6 Å². The molecular formula is C20H18O6. The zero-order chi connectivity index (χ0) is 17.7. The molecular weight excluding hydrogens is 336 g/mol. The van der Waals surface area contributed by atoms with Crippen molar-refractivity contribution in [1.82, 2.24) is 0 Å². The third-order valence-electron chi connectivity index (χ3n) is 6.35. The molecule has 0 unspecified atom stereocenters. The van der Waals surface area contributed by atoms with Crippen molar-refractivity contribution in [1.29, 1.82) is 0 Å². The zero-order valence-electron chi connectivity index (χ0n) is 13.8. The fourth-order valence-corrected chi connectivity index (χ4v) is 5.17. The summed E-state index contributed by atoms with van der Waals surface area (Å²) in [6, 6.07) is 11.4. The van der Waals surface area contributed by atoms with E-state index >= 15 is 0 Å². The molecule has 2 aliphatic heterocycles. The lowest BCUT2D eigenvalue weighted by Crippen LogP contribution is -2.70. The van der Waals surface area contributed by atoms with Gasteiger partial charge in [-0.05, 0) is 36.4 Å². The summed E-state index contributed by atoms with van der Waals surface area (Å²) in [4.78, 5) is 0. The van der Waals surface area contributed by atoms with E-state index in [0.29, 0.717) is 24.3 Å². The number of aliphatic hydroxyl groups excluding tert-OH is 3. The second kappa shape index (κ2) is 4.40. The van der Waals surface area contributed by atoms with Crippen molar-refractivity contribution in [3.63, 3.8) is 0 Å². The Kier molecular flexibility index (Phi) is 2.54. The first-order valence-electron chi connectivity index (χ1n) is 8.88. The molecule has 3 N–H and O–H groups in total. The summed E-state index contributed by atoms with van der Waals surface area (Å²) in [5.41, 5.74) is -2.68. The highest BCUT2D eigenvalue weighted by atomic mass is 16.8. The highest BCUT2D eigenvalue weighted by Gasteiger charge is 2.91. The third-order valence-corrected chi connectivity index (χ3v) is 6.35. The predicted molar refractivity (Wildman–Crippen MR) is 90.9 cm³/mol. The van der Waals surface area contributed by atoms with Crippen LogP contribution in [0.5, 0.6) is 11.5 Å². The third kappa shape index (κ3) is 1.39. The molecule has 2 fully saturated rings. The number of aliphatic hydroxyl groups is 3. The summed E-state index contributed by atoms with van der Waals surface area (Å²) in [6.45, 7) is 0. The molecule has 0 amide bonds. The molecule has 2 aromatic carbocycles. The van der Waals surface area contributed by atoms with Crippen LogP contribution in [0.2, 0.25) is 0 Å². The first-order chi connectivity index (χ1) is 12.5.